The fraction of sp³-hybridized carbons (Fsp3) is 0.643. The number of anilines is 1. The summed E-state index contributed by atoms with van der Waals surface area (Å²) in [5.41, 5.74) is 6.78. The lowest BCUT2D eigenvalue weighted by molar-refractivity contribution is -0.0221. The monoisotopic (exact) mass is 234 g/mol. The summed E-state index contributed by atoms with van der Waals surface area (Å²) in [6, 6.07) is 3.86. The average molecular weight is 234 g/mol. The minimum atomic E-state index is 0.433. The molecule has 0 bridgehead atoms. The average Bonchev–Trinajstić information content (AvgIpc) is 2.37. The summed E-state index contributed by atoms with van der Waals surface area (Å²) in [4.78, 5) is 3.99. The van der Waals surface area contributed by atoms with Gasteiger partial charge in [-0.05, 0) is 36.5 Å². The van der Waals surface area contributed by atoms with Crippen LogP contribution < -0.4 is 5.73 Å². The van der Waals surface area contributed by atoms with Crippen LogP contribution in [0.15, 0.2) is 18.3 Å². The third kappa shape index (κ3) is 3.43. The zero-order valence-electron chi connectivity index (χ0n) is 10.6. The number of nitrogen functional groups attached to an aromatic ring is 1. The van der Waals surface area contributed by atoms with Gasteiger partial charge in [0.05, 0.1) is 12.7 Å². The number of nitrogens with zero attached hydrogens (tertiary/aromatic N) is 1. The molecule has 94 valence electrons. The van der Waals surface area contributed by atoms with E-state index in [0.29, 0.717) is 18.5 Å². The van der Waals surface area contributed by atoms with Crippen LogP contribution in [-0.4, -0.2) is 11.1 Å². The molecular formula is C14H22N2O. The van der Waals surface area contributed by atoms with Crippen molar-refractivity contribution in [3.05, 3.63) is 23.9 Å². The molecule has 1 fully saturated rings. The van der Waals surface area contributed by atoms with Crippen LogP contribution in [0.2, 0.25) is 0 Å². The number of ether oxygens (including phenoxy) is 1. The fourth-order valence-corrected chi connectivity index (χ4v) is 2.65. The van der Waals surface area contributed by atoms with E-state index in [1.54, 1.807) is 6.20 Å². The number of pyridine rings is 1. The van der Waals surface area contributed by atoms with Gasteiger partial charge >= 0.3 is 0 Å². The Hall–Kier alpha value is -1.09. The third-order valence-electron chi connectivity index (χ3n) is 3.67. The van der Waals surface area contributed by atoms with Crippen molar-refractivity contribution in [3.8, 4) is 0 Å². The van der Waals surface area contributed by atoms with Crippen molar-refractivity contribution in [1.82, 2.24) is 4.98 Å². The van der Waals surface area contributed by atoms with Crippen molar-refractivity contribution in [2.45, 2.75) is 51.7 Å². The Morgan fingerprint density at radius 2 is 2.24 bits per heavy atom. The van der Waals surface area contributed by atoms with E-state index in [4.69, 9.17) is 10.5 Å². The maximum atomic E-state index is 6.04. The predicted molar refractivity (Wildman–Crippen MR) is 69.5 cm³/mol. The van der Waals surface area contributed by atoms with Crippen LogP contribution in [0, 0.1) is 5.92 Å². The van der Waals surface area contributed by atoms with Gasteiger partial charge in [-0.25, -0.2) is 4.98 Å². The minimum absolute atomic E-state index is 0.433. The molecule has 0 aromatic carbocycles. The second kappa shape index (κ2) is 6.01. The first-order valence-corrected chi connectivity index (χ1v) is 6.61. The standard InChI is InChI=1S/C14H22N2O/c1-2-12-5-3-4-6-13(12)17-10-11-7-8-16-14(15)9-11/h7-9,12-13H,2-6,10H2,1H3,(H2,15,16). The number of rotatable bonds is 4. The van der Waals surface area contributed by atoms with Gasteiger partial charge < -0.3 is 10.5 Å². The van der Waals surface area contributed by atoms with Gasteiger partial charge in [0, 0.05) is 6.20 Å². The van der Waals surface area contributed by atoms with Crippen molar-refractivity contribution in [1.29, 1.82) is 0 Å². The lowest BCUT2D eigenvalue weighted by Gasteiger charge is -2.30. The van der Waals surface area contributed by atoms with Gasteiger partial charge in [0.1, 0.15) is 5.82 Å². The van der Waals surface area contributed by atoms with Crippen LogP contribution in [0.3, 0.4) is 0 Å². The smallest absolute Gasteiger partial charge is 0.123 e. The Balaban J connectivity index is 1.88. The second-order valence-electron chi connectivity index (χ2n) is 4.89. The SMILES string of the molecule is CCC1CCCCC1OCc1ccnc(N)c1. The molecular weight excluding hydrogens is 212 g/mol. The molecule has 2 unspecified atom stereocenters. The molecule has 1 heterocycles. The molecule has 1 aromatic heterocycles. The van der Waals surface area contributed by atoms with Gasteiger partial charge in [0.2, 0.25) is 0 Å². The number of hydrogen-bond donors (Lipinski definition) is 1. The van der Waals surface area contributed by atoms with Crippen molar-refractivity contribution < 1.29 is 4.74 Å². The molecule has 17 heavy (non-hydrogen) atoms. The molecule has 0 saturated heterocycles. The van der Waals surface area contributed by atoms with Crippen LogP contribution in [0.25, 0.3) is 0 Å². The summed E-state index contributed by atoms with van der Waals surface area (Å²) >= 11 is 0. The molecule has 2 atom stereocenters. The molecule has 0 amide bonds. The zero-order valence-corrected chi connectivity index (χ0v) is 10.6. The third-order valence-corrected chi connectivity index (χ3v) is 3.67. The van der Waals surface area contributed by atoms with Crippen molar-refractivity contribution in [2.75, 3.05) is 5.73 Å². The van der Waals surface area contributed by atoms with Gasteiger partial charge in [0.25, 0.3) is 0 Å². The molecule has 1 aromatic rings. The maximum absolute atomic E-state index is 6.04. The van der Waals surface area contributed by atoms with Gasteiger partial charge in [-0.2, -0.15) is 0 Å². The minimum Gasteiger partial charge on any atom is -0.384 e. The molecule has 2 N–H and O–H groups in total. The van der Waals surface area contributed by atoms with Gasteiger partial charge in [0.15, 0.2) is 0 Å². The van der Waals surface area contributed by atoms with Gasteiger partial charge in [-0.15, -0.1) is 0 Å². The van der Waals surface area contributed by atoms with Crippen LogP contribution in [0.1, 0.15) is 44.6 Å². The highest BCUT2D eigenvalue weighted by Gasteiger charge is 2.24. The van der Waals surface area contributed by atoms with Crippen LogP contribution in [0.5, 0.6) is 0 Å². The lowest BCUT2D eigenvalue weighted by atomic mass is 9.85. The van der Waals surface area contributed by atoms with E-state index >= 15 is 0 Å². The van der Waals surface area contributed by atoms with Crippen molar-refractivity contribution in [3.63, 3.8) is 0 Å². The van der Waals surface area contributed by atoms with Gasteiger partial charge in [-0.3, -0.25) is 0 Å². The molecule has 3 nitrogen and oxygen atoms in total. The topological polar surface area (TPSA) is 48.1 Å². The predicted octanol–water partition coefficient (Wildman–Crippen LogP) is 3.15. The maximum Gasteiger partial charge on any atom is 0.123 e. The van der Waals surface area contributed by atoms with E-state index in [1.165, 1.54) is 32.1 Å². The first-order chi connectivity index (χ1) is 8.29. The number of aromatic nitrogens is 1. The highest BCUT2D eigenvalue weighted by atomic mass is 16.5. The van der Waals surface area contributed by atoms with Crippen LogP contribution in [-0.2, 0) is 11.3 Å². The van der Waals surface area contributed by atoms with Crippen molar-refractivity contribution in [2.24, 2.45) is 5.92 Å². The molecule has 2 rings (SSSR count). The summed E-state index contributed by atoms with van der Waals surface area (Å²) in [5.74, 6) is 1.31. The number of nitrogens with two attached hydrogens (primary N) is 1. The van der Waals surface area contributed by atoms with Crippen LogP contribution in [0.4, 0.5) is 5.82 Å². The van der Waals surface area contributed by atoms with Gasteiger partial charge in [-0.1, -0.05) is 26.2 Å². The molecule has 1 saturated carbocycles. The molecule has 1 aliphatic carbocycles. The summed E-state index contributed by atoms with van der Waals surface area (Å²) < 4.78 is 6.04. The van der Waals surface area contributed by atoms with E-state index < -0.39 is 0 Å². The number of hydrogen-bond acceptors (Lipinski definition) is 3. The summed E-state index contributed by atoms with van der Waals surface area (Å²) in [5, 5.41) is 0. The highest BCUT2D eigenvalue weighted by Crippen LogP contribution is 2.29. The Labute approximate surface area is 103 Å². The second-order valence-corrected chi connectivity index (χ2v) is 4.89. The van der Waals surface area contributed by atoms with Crippen molar-refractivity contribution >= 4 is 5.82 Å². The van der Waals surface area contributed by atoms with E-state index in [-0.39, 0.29) is 0 Å². The highest BCUT2D eigenvalue weighted by molar-refractivity contribution is 5.31. The fourth-order valence-electron chi connectivity index (χ4n) is 2.65. The van der Waals surface area contributed by atoms with E-state index in [9.17, 15) is 0 Å². The first kappa shape index (κ1) is 12.4. The summed E-state index contributed by atoms with van der Waals surface area (Å²) in [6.45, 7) is 2.92. The molecule has 0 spiro atoms. The zero-order chi connectivity index (χ0) is 12.1. The molecule has 0 aliphatic heterocycles. The Morgan fingerprint density at radius 1 is 1.41 bits per heavy atom. The lowest BCUT2D eigenvalue weighted by Crippen LogP contribution is -2.27. The Morgan fingerprint density at radius 3 is 3.00 bits per heavy atom. The molecule has 1 aliphatic rings. The summed E-state index contributed by atoms with van der Waals surface area (Å²) in [7, 11) is 0. The normalized spacial score (nSPS) is 24.8. The van der Waals surface area contributed by atoms with E-state index in [0.717, 1.165) is 11.5 Å². The Bertz CT molecular complexity index is 354. The Kier molecular flexibility index (Phi) is 4.37. The van der Waals surface area contributed by atoms with Crippen LogP contribution >= 0.6 is 0 Å². The quantitative estimate of drug-likeness (QED) is 0.870. The van der Waals surface area contributed by atoms with E-state index in [2.05, 4.69) is 11.9 Å². The largest absolute Gasteiger partial charge is 0.384 e. The molecule has 0 radical (unpaired) electrons. The van der Waals surface area contributed by atoms with E-state index in [1.807, 2.05) is 12.1 Å². The first-order valence-electron chi connectivity index (χ1n) is 6.61. The summed E-state index contributed by atoms with van der Waals surface area (Å²) in [6.07, 6.45) is 8.59. The molecule has 3 heteroatoms.